The number of hydrogen-bond donors (Lipinski definition) is 2. The summed E-state index contributed by atoms with van der Waals surface area (Å²) in [7, 11) is 0. The van der Waals surface area contributed by atoms with E-state index >= 15 is 0 Å². The van der Waals surface area contributed by atoms with E-state index in [0.29, 0.717) is 19.8 Å². The van der Waals surface area contributed by atoms with Crippen molar-refractivity contribution in [2.75, 3.05) is 13.2 Å². The van der Waals surface area contributed by atoms with E-state index in [4.69, 9.17) is 15.2 Å². The van der Waals surface area contributed by atoms with Gasteiger partial charge < -0.3 is 20.3 Å². The van der Waals surface area contributed by atoms with Gasteiger partial charge >= 0.3 is 0 Å². The van der Waals surface area contributed by atoms with E-state index in [-0.39, 0.29) is 12.1 Å². The third-order valence-electron chi connectivity index (χ3n) is 6.68. The highest BCUT2D eigenvalue weighted by atomic mass is 16.5. The van der Waals surface area contributed by atoms with Crippen molar-refractivity contribution in [1.82, 2.24) is 15.0 Å². The van der Waals surface area contributed by atoms with Crippen molar-refractivity contribution in [3.63, 3.8) is 0 Å². The summed E-state index contributed by atoms with van der Waals surface area (Å²) in [5.41, 5.74) is 6.54. The first-order valence-electron chi connectivity index (χ1n) is 13.7. The summed E-state index contributed by atoms with van der Waals surface area (Å²) >= 11 is 0. The van der Waals surface area contributed by atoms with Crippen molar-refractivity contribution in [3.8, 4) is 0 Å². The van der Waals surface area contributed by atoms with E-state index in [9.17, 15) is 5.11 Å². The Hall–Kier alpha value is -1.02. The molecule has 0 radical (unpaired) electrons. The molecule has 0 spiro atoms. The molecule has 7 nitrogen and oxygen atoms in total. The Morgan fingerprint density at radius 1 is 0.939 bits per heavy atom. The van der Waals surface area contributed by atoms with Gasteiger partial charge in [0, 0.05) is 6.54 Å². The van der Waals surface area contributed by atoms with Gasteiger partial charge in [0.15, 0.2) is 0 Å². The molecule has 0 saturated carbocycles. The molecule has 0 aliphatic carbocycles. The lowest BCUT2D eigenvalue weighted by Gasteiger charge is -2.14. The van der Waals surface area contributed by atoms with Crippen LogP contribution in [-0.2, 0) is 22.6 Å². The predicted molar refractivity (Wildman–Crippen MR) is 133 cm³/mol. The van der Waals surface area contributed by atoms with E-state index in [1.54, 1.807) is 0 Å². The van der Waals surface area contributed by atoms with E-state index < -0.39 is 6.10 Å². The minimum atomic E-state index is -0.657. The minimum absolute atomic E-state index is 0.320. The van der Waals surface area contributed by atoms with E-state index in [1.165, 1.54) is 96.3 Å². The lowest BCUT2D eigenvalue weighted by Crippen LogP contribution is -2.38. The number of aliphatic hydroxyl groups is 1. The van der Waals surface area contributed by atoms with Crippen molar-refractivity contribution in [2.45, 2.75) is 141 Å². The second kappa shape index (κ2) is 18.3. The lowest BCUT2D eigenvalue weighted by atomic mass is 10.0. The summed E-state index contributed by atoms with van der Waals surface area (Å²) < 4.78 is 12.9. The van der Waals surface area contributed by atoms with Gasteiger partial charge in [0.2, 0.25) is 0 Å². The van der Waals surface area contributed by atoms with E-state index in [2.05, 4.69) is 17.2 Å². The van der Waals surface area contributed by atoms with Gasteiger partial charge in [0.05, 0.1) is 38.2 Å². The molecule has 1 aliphatic rings. The number of aryl methyl sites for hydroxylation is 1. The summed E-state index contributed by atoms with van der Waals surface area (Å²) in [6.07, 6.45) is 23.0. The van der Waals surface area contributed by atoms with Crippen LogP contribution in [0.1, 0.15) is 115 Å². The summed E-state index contributed by atoms with van der Waals surface area (Å²) in [5.74, 6) is 0. The molecule has 0 unspecified atom stereocenters. The number of ether oxygens (including phenoxy) is 2. The SMILES string of the molecule is CCCCCCCCCCCCCCCCCCn1cc(COC[C@@H]2OC[C@H](N)[C@@H]2O)nn1. The highest BCUT2D eigenvalue weighted by Gasteiger charge is 2.33. The maximum absolute atomic E-state index is 9.87. The molecule has 3 N–H and O–H groups in total. The Balaban J connectivity index is 1.34. The Morgan fingerprint density at radius 3 is 2.00 bits per heavy atom. The molecule has 1 saturated heterocycles. The average Bonchev–Trinajstić information content (AvgIpc) is 3.40. The van der Waals surface area contributed by atoms with Crippen molar-refractivity contribution in [1.29, 1.82) is 0 Å². The largest absolute Gasteiger partial charge is 0.389 e. The minimum Gasteiger partial charge on any atom is -0.389 e. The maximum Gasteiger partial charge on any atom is 0.108 e. The zero-order valence-corrected chi connectivity index (χ0v) is 21.1. The third kappa shape index (κ3) is 12.9. The van der Waals surface area contributed by atoms with Gasteiger partial charge in [-0.1, -0.05) is 108 Å². The van der Waals surface area contributed by atoms with Crippen molar-refractivity contribution in [2.24, 2.45) is 5.73 Å². The van der Waals surface area contributed by atoms with Crippen LogP contribution in [0, 0.1) is 0 Å². The Bertz CT molecular complexity index is 584. The van der Waals surface area contributed by atoms with Gasteiger partial charge in [0.1, 0.15) is 11.8 Å². The number of unbranched alkanes of at least 4 members (excludes halogenated alkanes) is 15. The summed E-state index contributed by atoms with van der Waals surface area (Å²) in [6, 6.07) is -0.320. The first-order valence-corrected chi connectivity index (χ1v) is 13.7. The highest BCUT2D eigenvalue weighted by molar-refractivity contribution is 4.90. The molecule has 2 heterocycles. The predicted octanol–water partition coefficient (Wildman–Crippen LogP) is 5.14. The molecule has 2 rings (SSSR count). The summed E-state index contributed by atoms with van der Waals surface area (Å²) in [5, 5.41) is 18.2. The van der Waals surface area contributed by atoms with Crippen LogP contribution in [0.25, 0.3) is 0 Å². The number of nitrogens with two attached hydrogens (primary N) is 1. The molecule has 1 aromatic heterocycles. The Labute approximate surface area is 201 Å². The van der Waals surface area contributed by atoms with Gasteiger partial charge in [-0.2, -0.15) is 0 Å². The average molecular weight is 467 g/mol. The van der Waals surface area contributed by atoms with Crippen molar-refractivity contribution >= 4 is 0 Å². The highest BCUT2D eigenvalue weighted by Crippen LogP contribution is 2.15. The number of aliphatic hydroxyl groups excluding tert-OH is 1. The third-order valence-corrected chi connectivity index (χ3v) is 6.68. The van der Waals surface area contributed by atoms with Crippen LogP contribution in [0.15, 0.2) is 6.20 Å². The molecular weight excluding hydrogens is 416 g/mol. The first-order chi connectivity index (χ1) is 16.2. The van der Waals surface area contributed by atoms with Crippen LogP contribution in [0.4, 0.5) is 0 Å². The zero-order valence-electron chi connectivity index (χ0n) is 21.1. The number of aromatic nitrogens is 3. The second-order valence-electron chi connectivity index (χ2n) is 9.82. The fourth-order valence-corrected chi connectivity index (χ4v) is 4.47. The molecule has 1 aromatic rings. The van der Waals surface area contributed by atoms with Gasteiger partial charge in [0.25, 0.3) is 0 Å². The fourth-order valence-electron chi connectivity index (χ4n) is 4.47. The molecular formula is C26H50N4O3. The molecule has 1 fully saturated rings. The zero-order chi connectivity index (χ0) is 23.6. The van der Waals surface area contributed by atoms with Gasteiger partial charge in [-0.3, -0.25) is 4.68 Å². The maximum atomic E-state index is 9.87. The van der Waals surface area contributed by atoms with Crippen LogP contribution in [0.3, 0.4) is 0 Å². The fraction of sp³-hybridized carbons (Fsp3) is 0.923. The normalized spacial score (nSPS) is 20.6. The standard InChI is InChI=1S/C26H50N4O3/c1-2-3-4-5-6-7-8-9-10-11-12-13-14-15-16-17-18-30-19-23(28-29-30)20-32-22-25-26(31)24(27)21-33-25/h19,24-26,31H,2-18,20-22,27H2,1H3/t24-,25-,26-/m0/s1. The molecule has 7 heteroatoms. The smallest absolute Gasteiger partial charge is 0.108 e. The topological polar surface area (TPSA) is 95.4 Å². The van der Waals surface area contributed by atoms with Crippen LogP contribution in [-0.4, -0.2) is 51.6 Å². The van der Waals surface area contributed by atoms with Gasteiger partial charge in [-0.15, -0.1) is 5.10 Å². The quantitative estimate of drug-likeness (QED) is 0.243. The molecule has 0 amide bonds. The summed E-state index contributed by atoms with van der Waals surface area (Å²) in [6.45, 7) is 4.27. The number of rotatable bonds is 21. The molecule has 0 bridgehead atoms. The van der Waals surface area contributed by atoms with Gasteiger partial charge in [-0.05, 0) is 6.42 Å². The number of nitrogens with zero attached hydrogens (tertiary/aromatic N) is 3. The van der Waals surface area contributed by atoms with E-state index in [1.807, 2.05) is 10.9 Å². The molecule has 0 aromatic carbocycles. The molecule has 33 heavy (non-hydrogen) atoms. The molecule has 1 aliphatic heterocycles. The second-order valence-corrected chi connectivity index (χ2v) is 9.82. The van der Waals surface area contributed by atoms with E-state index in [0.717, 1.165) is 18.7 Å². The Morgan fingerprint density at radius 2 is 1.48 bits per heavy atom. The number of hydrogen-bond acceptors (Lipinski definition) is 6. The van der Waals surface area contributed by atoms with Crippen molar-refractivity contribution < 1.29 is 14.6 Å². The van der Waals surface area contributed by atoms with Crippen LogP contribution in [0.2, 0.25) is 0 Å². The molecule has 3 atom stereocenters. The Kier molecular flexibility index (Phi) is 15.7. The monoisotopic (exact) mass is 466 g/mol. The first kappa shape index (κ1) is 28.2. The summed E-state index contributed by atoms with van der Waals surface area (Å²) in [4.78, 5) is 0. The van der Waals surface area contributed by atoms with Crippen LogP contribution >= 0.6 is 0 Å². The van der Waals surface area contributed by atoms with Crippen LogP contribution in [0.5, 0.6) is 0 Å². The van der Waals surface area contributed by atoms with Crippen LogP contribution < -0.4 is 5.73 Å². The molecule has 192 valence electrons. The van der Waals surface area contributed by atoms with Gasteiger partial charge in [-0.25, -0.2) is 0 Å². The van der Waals surface area contributed by atoms with Crippen molar-refractivity contribution in [3.05, 3.63) is 11.9 Å². The lowest BCUT2D eigenvalue weighted by molar-refractivity contribution is -0.0299.